The standard InChI is InChI=1S/C52H46N8O6/c1-66-42-26-25-34(28-36(42)32-57-29-33-27-35(31-57)41-23-14-24-43(61)58(41)30-33)44(45-47(62)55-51(53-37-15-6-2-7-16-37)59(49(45)64)39-19-10-4-11-20-39)46-48(63)56-52(54-38-17-8-3-9-18-38)60(50(46)65)40-21-12-5-13-22-40/h2-26,28,33,35,44,62-63H,27,29-32H2,1H3,(H,53,55)(H,54,56)/t33-,35+/m1/s1. The first kappa shape index (κ1) is 41.8. The number of aromatic nitrogens is 5. The number of nitrogens with zero attached hydrogens (tertiary/aromatic N) is 6. The van der Waals surface area contributed by atoms with Crippen molar-refractivity contribution in [2.24, 2.45) is 5.92 Å². The predicted molar refractivity (Wildman–Crippen MR) is 253 cm³/mol. The lowest BCUT2D eigenvalue weighted by Gasteiger charge is -2.43. The molecule has 0 aliphatic carbocycles. The normalized spacial score (nSPS) is 15.5. The SMILES string of the molecule is COc1ccc(C(c2c(O)nc(Nc3ccccc3)n(-c3ccccc3)c2=O)c2c(O)nc(Nc3ccccc3)n(-c3ccccc3)c2=O)cc1CN1C[C@H]2C[C@@H](C1)c1cccc(=O)n1C2. The first-order valence-corrected chi connectivity index (χ1v) is 21.8. The minimum Gasteiger partial charge on any atom is -0.496 e. The summed E-state index contributed by atoms with van der Waals surface area (Å²) in [4.78, 5) is 55.4. The van der Waals surface area contributed by atoms with E-state index >= 15 is 9.59 Å². The average Bonchev–Trinajstić information content (AvgIpc) is 3.32. The van der Waals surface area contributed by atoms with Gasteiger partial charge in [-0.1, -0.05) is 84.9 Å². The number of aromatic hydroxyl groups is 2. The number of anilines is 4. The number of hydrogen-bond donors (Lipinski definition) is 4. The van der Waals surface area contributed by atoms with Gasteiger partial charge in [-0.05, 0) is 84.6 Å². The largest absolute Gasteiger partial charge is 0.496 e. The molecular weight excluding hydrogens is 833 g/mol. The van der Waals surface area contributed by atoms with Crippen molar-refractivity contribution < 1.29 is 14.9 Å². The summed E-state index contributed by atoms with van der Waals surface area (Å²) in [7, 11) is 1.59. The van der Waals surface area contributed by atoms with Gasteiger partial charge in [0, 0.05) is 60.8 Å². The van der Waals surface area contributed by atoms with Gasteiger partial charge in [-0.25, -0.2) is 9.13 Å². The number of piperidine rings is 1. The predicted octanol–water partition coefficient (Wildman–Crippen LogP) is 7.65. The van der Waals surface area contributed by atoms with Crippen LogP contribution in [0.5, 0.6) is 17.5 Å². The van der Waals surface area contributed by atoms with E-state index in [9.17, 15) is 15.0 Å². The molecule has 0 unspecified atom stereocenters. The number of nitrogens with one attached hydrogen (secondary N) is 2. The number of pyridine rings is 1. The molecule has 0 spiro atoms. The van der Waals surface area contributed by atoms with Crippen molar-refractivity contribution in [1.29, 1.82) is 0 Å². The summed E-state index contributed by atoms with van der Waals surface area (Å²) in [5.74, 6) is -1.69. The summed E-state index contributed by atoms with van der Waals surface area (Å²) in [5.41, 5.74) is 2.38. The lowest BCUT2D eigenvalue weighted by molar-refractivity contribution is 0.113. The molecule has 1 saturated heterocycles. The van der Waals surface area contributed by atoms with E-state index in [1.807, 2.05) is 95.6 Å². The van der Waals surface area contributed by atoms with Gasteiger partial charge >= 0.3 is 0 Å². The summed E-state index contributed by atoms with van der Waals surface area (Å²) < 4.78 is 10.5. The van der Waals surface area contributed by atoms with E-state index in [1.165, 1.54) is 9.13 Å². The monoisotopic (exact) mass is 878 g/mol. The number of ether oxygens (including phenoxy) is 1. The van der Waals surface area contributed by atoms with Gasteiger partial charge in [0.2, 0.25) is 23.7 Å². The molecule has 2 atom stereocenters. The Labute approximate surface area is 379 Å². The zero-order valence-corrected chi connectivity index (χ0v) is 36.0. The van der Waals surface area contributed by atoms with Gasteiger partial charge in [0.25, 0.3) is 16.7 Å². The molecule has 5 aromatic carbocycles. The van der Waals surface area contributed by atoms with Crippen molar-refractivity contribution in [2.75, 3.05) is 30.8 Å². The Bertz CT molecular complexity index is 3090. The molecular formula is C52H46N8O6. The van der Waals surface area contributed by atoms with Gasteiger partial charge in [-0.15, -0.1) is 0 Å². The van der Waals surface area contributed by atoms with Crippen LogP contribution in [0.1, 0.15) is 46.2 Å². The topological polar surface area (TPSA) is 169 Å². The molecule has 10 rings (SSSR count). The lowest BCUT2D eigenvalue weighted by atomic mass is 9.82. The molecule has 66 heavy (non-hydrogen) atoms. The molecule has 0 saturated carbocycles. The summed E-state index contributed by atoms with van der Waals surface area (Å²) in [6.07, 6.45) is 0.976. The molecule has 0 amide bonds. The van der Waals surface area contributed by atoms with Gasteiger partial charge in [0.1, 0.15) is 5.75 Å². The smallest absolute Gasteiger partial charge is 0.267 e. The highest BCUT2D eigenvalue weighted by molar-refractivity contribution is 5.61. The fourth-order valence-corrected chi connectivity index (χ4v) is 9.60. The van der Waals surface area contributed by atoms with Gasteiger partial charge in [-0.2, -0.15) is 9.97 Å². The Balaban J connectivity index is 1.18. The average molecular weight is 879 g/mol. The number of fused-ring (bicyclic) bond motifs is 4. The highest BCUT2D eigenvalue weighted by Crippen LogP contribution is 2.41. The van der Waals surface area contributed by atoms with Crippen LogP contribution in [0.15, 0.2) is 172 Å². The fourth-order valence-electron chi connectivity index (χ4n) is 9.60. The molecule has 5 heterocycles. The van der Waals surface area contributed by atoms with E-state index in [2.05, 4.69) is 25.5 Å². The molecule has 330 valence electrons. The molecule has 2 bridgehead atoms. The molecule has 2 aliphatic heterocycles. The van der Waals surface area contributed by atoms with Crippen LogP contribution in [-0.2, 0) is 13.1 Å². The second-order valence-electron chi connectivity index (χ2n) is 16.7. The highest BCUT2D eigenvalue weighted by atomic mass is 16.5. The molecule has 14 heteroatoms. The maximum atomic E-state index is 15.5. The lowest BCUT2D eigenvalue weighted by Crippen LogP contribution is -2.46. The van der Waals surface area contributed by atoms with Crippen LogP contribution in [0.3, 0.4) is 0 Å². The van der Waals surface area contributed by atoms with E-state index in [-0.39, 0.29) is 40.4 Å². The molecule has 3 aromatic heterocycles. The number of rotatable bonds is 12. The second-order valence-corrected chi connectivity index (χ2v) is 16.7. The Kier molecular flexibility index (Phi) is 11.2. The summed E-state index contributed by atoms with van der Waals surface area (Å²) in [6.45, 7) is 2.50. The summed E-state index contributed by atoms with van der Waals surface area (Å²) >= 11 is 0. The Morgan fingerprint density at radius 1 is 0.636 bits per heavy atom. The first-order chi connectivity index (χ1) is 32.2. The molecule has 8 aromatic rings. The van der Waals surface area contributed by atoms with Crippen molar-refractivity contribution in [1.82, 2.24) is 28.6 Å². The van der Waals surface area contributed by atoms with Gasteiger partial charge in [-0.3, -0.25) is 19.3 Å². The third kappa shape index (κ3) is 7.98. The molecule has 1 fully saturated rings. The van der Waals surface area contributed by atoms with Crippen molar-refractivity contribution in [3.63, 3.8) is 0 Å². The summed E-state index contributed by atoms with van der Waals surface area (Å²) in [6, 6.07) is 46.9. The summed E-state index contributed by atoms with van der Waals surface area (Å²) in [5, 5.41) is 30.8. The van der Waals surface area contributed by atoms with Crippen molar-refractivity contribution in [3.8, 4) is 28.9 Å². The third-order valence-electron chi connectivity index (χ3n) is 12.4. The van der Waals surface area contributed by atoms with Crippen molar-refractivity contribution >= 4 is 23.3 Å². The minimum absolute atomic E-state index is 0.0111. The van der Waals surface area contributed by atoms with Crippen LogP contribution >= 0.6 is 0 Å². The van der Waals surface area contributed by atoms with Gasteiger partial charge in [0.05, 0.1) is 35.5 Å². The van der Waals surface area contributed by atoms with Gasteiger partial charge < -0.3 is 30.2 Å². The van der Waals surface area contributed by atoms with Crippen LogP contribution in [0, 0.1) is 5.92 Å². The van der Waals surface area contributed by atoms with E-state index in [1.54, 1.807) is 73.8 Å². The minimum atomic E-state index is -1.42. The number of para-hydroxylation sites is 4. The number of likely N-dealkylation sites (tertiary alicyclic amines) is 1. The number of methoxy groups -OCH3 is 1. The second kappa shape index (κ2) is 17.7. The molecule has 14 nitrogen and oxygen atoms in total. The first-order valence-electron chi connectivity index (χ1n) is 21.8. The molecule has 4 N–H and O–H groups in total. The Morgan fingerprint density at radius 3 is 1.70 bits per heavy atom. The number of benzene rings is 5. The zero-order chi connectivity index (χ0) is 45.3. The quantitative estimate of drug-likeness (QED) is 0.0952. The highest BCUT2D eigenvalue weighted by Gasteiger charge is 2.37. The Morgan fingerprint density at radius 2 is 1.17 bits per heavy atom. The zero-order valence-electron chi connectivity index (χ0n) is 36.0. The van der Waals surface area contributed by atoms with E-state index in [0.29, 0.717) is 53.7 Å². The third-order valence-corrected chi connectivity index (χ3v) is 12.4. The van der Waals surface area contributed by atoms with Crippen LogP contribution in [-0.4, -0.2) is 59.0 Å². The van der Waals surface area contributed by atoms with E-state index in [0.717, 1.165) is 24.2 Å². The Hall–Kier alpha value is -8.23. The fraction of sp³-hybridized carbons (Fsp3) is 0.173. The van der Waals surface area contributed by atoms with Crippen LogP contribution in [0.25, 0.3) is 11.4 Å². The van der Waals surface area contributed by atoms with Crippen molar-refractivity contribution in [2.45, 2.75) is 31.3 Å². The molecule has 0 radical (unpaired) electrons. The van der Waals surface area contributed by atoms with Crippen LogP contribution < -0.4 is 32.0 Å². The maximum Gasteiger partial charge on any atom is 0.267 e. The number of hydrogen-bond acceptors (Lipinski definition) is 11. The van der Waals surface area contributed by atoms with E-state index < -0.39 is 28.8 Å². The van der Waals surface area contributed by atoms with Crippen molar-refractivity contribution in [3.05, 3.63) is 217 Å². The van der Waals surface area contributed by atoms with E-state index in [4.69, 9.17) is 4.74 Å². The van der Waals surface area contributed by atoms with Crippen LogP contribution in [0.4, 0.5) is 23.3 Å². The molecule has 2 aliphatic rings. The van der Waals surface area contributed by atoms with Crippen LogP contribution in [0.2, 0.25) is 0 Å². The van der Waals surface area contributed by atoms with Gasteiger partial charge in [0.15, 0.2) is 0 Å². The maximum absolute atomic E-state index is 15.5.